The number of hydrogen-bond acceptors (Lipinski definition) is 4. The first kappa shape index (κ1) is 11.9. The van der Waals surface area contributed by atoms with Gasteiger partial charge in [0, 0.05) is 28.7 Å². The number of nitrogens with zero attached hydrogens (tertiary/aromatic N) is 1. The number of phenols is 1. The normalized spacial score (nSPS) is 17.8. The molecule has 3 N–H and O–H groups in total. The van der Waals surface area contributed by atoms with Crippen LogP contribution in [0.25, 0.3) is 0 Å². The lowest BCUT2D eigenvalue weighted by atomic mass is 9.75. The van der Waals surface area contributed by atoms with Crippen molar-refractivity contribution in [1.82, 2.24) is 0 Å². The van der Waals surface area contributed by atoms with Crippen molar-refractivity contribution in [3.05, 3.63) is 33.9 Å². The lowest BCUT2D eigenvalue weighted by Gasteiger charge is -2.32. The molecular weight excluding hydrogens is 220 g/mol. The Morgan fingerprint density at radius 1 is 1.47 bits per heavy atom. The van der Waals surface area contributed by atoms with Crippen molar-refractivity contribution in [2.24, 2.45) is 5.73 Å². The highest BCUT2D eigenvalue weighted by Gasteiger charge is 2.53. The molecule has 92 valence electrons. The van der Waals surface area contributed by atoms with Gasteiger partial charge >= 0.3 is 0 Å². The average Bonchev–Trinajstić information content (AvgIpc) is 2.98. The summed E-state index contributed by atoms with van der Waals surface area (Å²) in [5.74, 6) is 0.0670. The third-order valence-corrected chi connectivity index (χ3v) is 3.90. The van der Waals surface area contributed by atoms with Crippen LogP contribution in [0.4, 0.5) is 5.69 Å². The van der Waals surface area contributed by atoms with Gasteiger partial charge in [-0.1, -0.05) is 13.8 Å². The summed E-state index contributed by atoms with van der Waals surface area (Å²) in [6, 6.07) is 4.08. The molecule has 0 atom stereocenters. The minimum absolute atomic E-state index is 0.0184. The molecule has 1 aliphatic carbocycles. The molecular formula is C12H16N2O3. The first-order valence-corrected chi connectivity index (χ1v) is 5.55. The molecule has 1 aliphatic rings. The van der Waals surface area contributed by atoms with Crippen LogP contribution in [0.1, 0.15) is 32.3 Å². The molecule has 0 bridgehead atoms. The van der Waals surface area contributed by atoms with E-state index in [0.717, 1.165) is 12.8 Å². The molecule has 2 rings (SSSR count). The van der Waals surface area contributed by atoms with Gasteiger partial charge in [-0.2, -0.15) is 0 Å². The molecule has 0 unspecified atom stereocenters. The molecule has 0 aliphatic heterocycles. The van der Waals surface area contributed by atoms with Crippen molar-refractivity contribution in [1.29, 1.82) is 0 Å². The molecule has 1 aromatic rings. The molecule has 1 aromatic carbocycles. The monoisotopic (exact) mass is 236 g/mol. The van der Waals surface area contributed by atoms with E-state index in [0.29, 0.717) is 5.56 Å². The second kappa shape index (κ2) is 3.43. The Hall–Kier alpha value is -1.62. The number of benzene rings is 1. The SMILES string of the molecule is CC(C)(c1cc([N+](=O)[O-])ccc1O)C1(N)CC1. The van der Waals surface area contributed by atoms with Crippen molar-refractivity contribution < 1.29 is 10.0 Å². The van der Waals surface area contributed by atoms with Gasteiger partial charge < -0.3 is 10.8 Å². The topological polar surface area (TPSA) is 89.4 Å². The zero-order valence-electron chi connectivity index (χ0n) is 9.93. The Bertz CT molecular complexity index is 479. The lowest BCUT2D eigenvalue weighted by Crippen LogP contribution is -2.43. The van der Waals surface area contributed by atoms with E-state index in [4.69, 9.17) is 5.73 Å². The molecule has 5 heteroatoms. The summed E-state index contributed by atoms with van der Waals surface area (Å²) in [6.07, 6.45) is 1.75. The van der Waals surface area contributed by atoms with Gasteiger partial charge in [-0.3, -0.25) is 10.1 Å². The predicted octanol–water partition coefficient (Wildman–Crippen LogP) is 2.07. The van der Waals surface area contributed by atoms with Gasteiger partial charge in [-0.15, -0.1) is 0 Å². The van der Waals surface area contributed by atoms with Crippen molar-refractivity contribution in [2.45, 2.75) is 37.6 Å². The Balaban J connectivity index is 2.51. The van der Waals surface area contributed by atoms with Crippen molar-refractivity contribution in [3.8, 4) is 5.75 Å². The molecule has 0 heterocycles. The van der Waals surface area contributed by atoms with Gasteiger partial charge in [0.25, 0.3) is 5.69 Å². The summed E-state index contributed by atoms with van der Waals surface area (Å²) in [7, 11) is 0. The lowest BCUT2D eigenvalue weighted by molar-refractivity contribution is -0.385. The Labute approximate surface area is 99.4 Å². The Morgan fingerprint density at radius 2 is 2.06 bits per heavy atom. The molecule has 0 spiro atoms. The number of non-ortho nitro benzene ring substituents is 1. The van der Waals surface area contributed by atoms with Crippen molar-refractivity contribution in [2.75, 3.05) is 0 Å². The van der Waals surface area contributed by atoms with E-state index in [1.807, 2.05) is 13.8 Å². The largest absolute Gasteiger partial charge is 0.508 e. The van der Waals surface area contributed by atoms with E-state index >= 15 is 0 Å². The van der Waals surface area contributed by atoms with Gasteiger partial charge in [0.05, 0.1) is 4.92 Å². The second-order valence-corrected chi connectivity index (χ2v) is 5.24. The van der Waals surface area contributed by atoms with E-state index in [2.05, 4.69) is 0 Å². The summed E-state index contributed by atoms with van der Waals surface area (Å²) in [6.45, 7) is 3.83. The first-order chi connectivity index (χ1) is 7.78. The summed E-state index contributed by atoms with van der Waals surface area (Å²) >= 11 is 0. The summed E-state index contributed by atoms with van der Waals surface area (Å²) in [5.41, 5.74) is 5.87. The van der Waals surface area contributed by atoms with Crippen LogP contribution in [0.2, 0.25) is 0 Å². The standard InChI is InChI=1S/C12H16N2O3/c1-11(2,12(13)5-6-12)9-7-8(14(16)17)3-4-10(9)15/h3-4,7,15H,5-6,13H2,1-2H3. The number of rotatable bonds is 3. The minimum Gasteiger partial charge on any atom is -0.508 e. The van der Waals surface area contributed by atoms with Crippen molar-refractivity contribution in [3.63, 3.8) is 0 Å². The maximum Gasteiger partial charge on any atom is 0.269 e. The highest BCUT2D eigenvalue weighted by Crippen LogP contribution is 2.51. The Morgan fingerprint density at radius 3 is 2.53 bits per heavy atom. The second-order valence-electron chi connectivity index (χ2n) is 5.24. The summed E-state index contributed by atoms with van der Waals surface area (Å²) in [4.78, 5) is 10.3. The van der Waals surface area contributed by atoms with E-state index in [1.165, 1.54) is 18.2 Å². The molecule has 0 radical (unpaired) electrons. The summed E-state index contributed by atoms with van der Waals surface area (Å²) < 4.78 is 0. The fraction of sp³-hybridized carbons (Fsp3) is 0.500. The zero-order valence-corrected chi connectivity index (χ0v) is 9.93. The van der Waals surface area contributed by atoms with Crippen LogP contribution in [-0.2, 0) is 5.41 Å². The molecule has 1 saturated carbocycles. The number of nitro groups is 1. The van der Waals surface area contributed by atoms with Crippen LogP contribution in [0.15, 0.2) is 18.2 Å². The average molecular weight is 236 g/mol. The van der Waals surface area contributed by atoms with Crippen LogP contribution in [-0.4, -0.2) is 15.6 Å². The third-order valence-electron chi connectivity index (χ3n) is 3.90. The Kier molecular flexibility index (Phi) is 2.39. The molecule has 5 nitrogen and oxygen atoms in total. The van der Waals surface area contributed by atoms with Crippen LogP contribution >= 0.6 is 0 Å². The van der Waals surface area contributed by atoms with Gasteiger partial charge in [0.2, 0.25) is 0 Å². The van der Waals surface area contributed by atoms with Crippen LogP contribution in [0, 0.1) is 10.1 Å². The molecule has 0 aromatic heterocycles. The molecule has 17 heavy (non-hydrogen) atoms. The summed E-state index contributed by atoms with van der Waals surface area (Å²) in [5, 5.41) is 20.6. The smallest absolute Gasteiger partial charge is 0.269 e. The number of nitrogens with two attached hydrogens (primary N) is 1. The van der Waals surface area contributed by atoms with Gasteiger partial charge in [0.1, 0.15) is 5.75 Å². The fourth-order valence-corrected chi connectivity index (χ4v) is 2.17. The molecule has 1 fully saturated rings. The van der Waals surface area contributed by atoms with E-state index < -0.39 is 10.3 Å². The first-order valence-electron chi connectivity index (χ1n) is 5.55. The van der Waals surface area contributed by atoms with Crippen LogP contribution in [0.5, 0.6) is 5.75 Å². The van der Waals surface area contributed by atoms with Gasteiger partial charge in [-0.05, 0) is 18.9 Å². The number of phenolic OH excluding ortho intramolecular Hbond substituents is 1. The van der Waals surface area contributed by atoms with E-state index in [9.17, 15) is 15.2 Å². The number of nitro benzene ring substituents is 1. The van der Waals surface area contributed by atoms with Gasteiger partial charge in [0.15, 0.2) is 0 Å². The highest BCUT2D eigenvalue weighted by atomic mass is 16.6. The number of aromatic hydroxyl groups is 1. The third kappa shape index (κ3) is 1.76. The quantitative estimate of drug-likeness (QED) is 0.621. The van der Waals surface area contributed by atoms with Crippen LogP contribution in [0.3, 0.4) is 0 Å². The van der Waals surface area contributed by atoms with Crippen LogP contribution < -0.4 is 5.73 Å². The van der Waals surface area contributed by atoms with E-state index in [-0.39, 0.29) is 17.0 Å². The minimum atomic E-state index is -0.469. The highest BCUT2D eigenvalue weighted by molar-refractivity contribution is 5.49. The zero-order chi connectivity index (χ0) is 12.8. The van der Waals surface area contributed by atoms with E-state index in [1.54, 1.807) is 0 Å². The maximum atomic E-state index is 10.7. The van der Waals surface area contributed by atoms with Crippen molar-refractivity contribution >= 4 is 5.69 Å². The predicted molar refractivity (Wildman–Crippen MR) is 63.9 cm³/mol. The molecule has 0 amide bonds. The number of hydrogen-bond donors (Lipinski definition) is 2. The van der Waals surface area contributed by atoms with Gasteiger partial charge in [-0.25, -0.2) is 0 Å². The molecule has 0 saturated heterocycles. The maximum absolute atomic E-state index is 10.7. The fourth-order valence-electron chi connectivity index (χ4n) is 2.17.